The van der Waals surface area contributed by atoms with Crippen LogP contribution < -0.4 is 0 Å². The molecule has 0 fully saturated rings. The Morgan fingerprint density at radius 3 is 1.47 bits per heavy atom. The van der Waals surface area contributed by atoms with Gasteiger partial charge in [0, 0.05) is 5.41 Å². The predicted octanol–water partition coefficient (Wildman–Crippen LogP) is 13.6. The fourth-order valence-electron chi connectivity index (χ4n) is 8.70. The monoisotopic (exact) mass is 622 g/mol. The Hall–Kier alpha value is -5.98. The molecule has 0 amide bonds. The second kappa shape index (κ2) is 10.5. The molecule has 0 spiro atoms. The summed E-state index contributed by atoms with van der Waals surface area (Å²) in [6.45, 7) is 4.82. The van der Waals surface area contributed by atoms with Crippen molar-refractivity contribution in [1.29, 1.82) is 0 Å². The molecule has 0 heteroatoms. The quantitative estimate of drug-likeness (QED) is 0.172. The summed E-state index contributed by atoms with van der Waals surface area (Å²) in [4.78, 5) is 0. The molecule has 0 nitrogen and oxygen atoms in total. The van der Waals surface area contributed by atoms with Crippen LogP contribution in [-0.2, 0) is 5.41 Å². The highest BCUT2D eigenvalue weighted by Crippen LogP contribution is 2.55. The first-order chi connectivity index (χ1) is 24.1. The van der Waals surface area contributed by atoms with E-state index in [4.69, 9.17) is 0 Å². The largest absolute Gasteiger partial charge is 0.0616 e. The van der Waals surface area contributed by atoms with E-state index in [9.17, 15) is 0 Å². The average Bonchev–Trinajstić information content (AvgIpc) is 3.38. The van der Waals surface area contributed by atoms with Crippen LogP contribution in [0, 0.1) is 0 Å². The van der Waals surface area contributed by atoms with Gasteiger partial charge in [-0.25, -0.2) is 0 Å². The first-order valence-electron chi connectivity index (χ1n) is 17.3. The minimum atomic E-state index is -0.148. The summed E-state index contributed by atoms with van der Waals surface area (Å²) >= 11 is 0. The number of fused-ring (bicyclic) bond motifs is 7. The Labute approximate surface area is 286 Å². The lowest BCUT2D eigenvalue weighted by molar-refractivity contribution is 0.663. The molecular weight excluding hydrogens is 589 g/mol. The van der Waals surface area contributed by atoms with Crippen molar-refractivity contribution < 1.29 is 0 Å². The van der Waals surface area contributed by atoms with Crippen molar-refractivity contribution in [2.24, 2.45) is 0 Å². The van der Waals surface area contributed by atoms with E-state index in [0.717, 1.165) is 0 Å². The van der Waals surface area contributed by atoms with Crippen LogP contribution in [0.25, 0.3) is 87.6 Å². The fourth-order valence-corrected chi connectivity index (χ4v) is 8.70. The van der Waals surface area contributed by atoms with Crippen LogP contribution in [0.4, 0.5) is 0 Å². The van der Waals surface area contributed by atoms with Crippen molar-refractivity contribution in [2.45, 2.75) is 19.3 Å². The maximum absolute atomic E-state index is 2.43. The number of rotatable bonds is 3. The highest BCUT2D eigenvalue weighted by Gasteiger charge is 2.38. The number of hydrogen-bond acceptors (Lipinski definition) is 0. The van der Waals surface area contributed by atoms with Gasteiger partial charge < -0.3 is 0 Å². The lowest BCUT2D eigenvalue weighted by Gasteiger charge is -2.26. The second-order valence-corrected chi connectivity index (χ2v) is 14.1. The highest BCUT2D eigenvalue weighted by molar-refractivity contribution is 6.22. The van der Waals surface area contributed by atoms with Crippen LogP contribution in [0.15, 0.2) is 170 Å². The number of hydrogen-bond donors (Lipinski definition) is 0. The lowest BCUT2D eigenvalue weighted by Crippen LogP contribution is -2.16. The standard InChI is InChI=1S/C49H34/c1-49(2)45-30-36-15-6-5-14-35(36)29-44(45)42-20-11-21-43(48(42)49)47-40-18-9-7-16-38(40)46(39-17-8-10-19-41(39)47)33-25-22-32(23-26-33)37-27-24-31-12-3-4-13-34(31)28-37/h3-30H,1-2H3. The Morgan fingerprint density at radius 1 is 0.327 bits per heavy atom. The topological polar surface area (TPSA) is 0 Å². The van der Waals surface area contributed by atoms with Crippen LogP contribution in [0.3, 0.4) is 0 Å². The molecule has 10 rings (SSSR count). The third-order valence-electron chi connectivity index (χ3n) is 11.0. The summed E-state index contributed by atoms with van der Waals surface area (Å²) < 4.78 is 0. The molecule has 1 aliphatic rings. The summed E-state index contributed by atoms with van der Waals surface area (Å²) in [5.41, 5.74) is 13.0. The molecule has 9 aromatic rings. The Balaban J connectivity index is 1.19. The summed E-state index contributed by atoms with van der Waals surface area (Å²) in [5, 5.41) is 10.3. The van der Waals surface area contributed by atoms with Crippen LogP contribution in [0.1, 0.15) is 25.0 Å². The van der Waals surface area contributed by atoms with E-state index in [2.05, 4.69) is 184 Å². The van der Waals surface area contributed by atoms with Gasteiger partial charge in [0.25, 0.3) is 0 Å². The van der Waals surface area contributed by atoms with E-state index < -0.39 is 0 Å². The van der Waals surface area contributed by atoms with Gasteiger partial charge in [-0.05, 0) is 117 Å². The molecule has 0 saturated heterocycles. The van der Waals surface area contributed by atoms with Gasteiger partial charge in [0.2, 0.25) is 0 Å². The van der Waals surface area contributed by atoms with Crippen molar-refractivity contribution >= 4 is 43.1 Å². The van der Waals surface area contributed by atoms with Gasteiger partial charge in [-0.3, -0.25) is 0 Å². The van der Waals surface area contributed by atoms with E-state index in [1.54, 1.807) is 0 Å². The Kier molecular flexibility index (Phi) is 6.02. The van der Waals surface area contributed by atoms with Crippen LogP contribution in [0.5, 0.6) is 0 Å². The van der Waals surface area contributed by atoms with E-state index in [0.29, 0.717) is 0 Å². The van der Waals surface area contributed by atoms with Crippen molar-refractivity contribution in [2.75, 3.05) is 0 Å². The van der Waals surface area contributed by atoms with Crippen LogP contribution in [-0.4, -0.2) is 0 Å². The van der Waals surface area contributed by atoms with Crippen LogP contribution >= 0.6 is 0 Å². The molecule has 0 aromatic heterocycles. The Bertz CT molecular complexity index is 2720. The minimum Gasteiger partial charge on any atom is -0.0616 e. The zero-order valence-electron chi connectivity index (χ0n) is 27.7. The van der Waals surface area contributed by atoms with Crippen molar-refractivity contribution in [3.63, 3.8) is 0 Å². The fraction of sp³-hybridized carbons (Fsp3) is 0.0612. The third-order valence-corrected chi connectivity index (χ3v) is 11.0. The zero-order chi connectivity index (χ0) is 32.7. The smallest absolute Gasteiger partial charge is 0.0165 e. The van der Waals surface area contributed by atoms with Crippen molar-refractivity contribution in [3.8, 4) is 44.5 Å². The summed E-state index contributed by atoms with van der Waals surface area (Å²) in [5.74, 6) is 0. The SMILES string of the molecule is CC1(C)c2cc3ccccc3cc2-c2cccc(-c3c4ccccc4c(-c4ccc(-c5ccc6ccccc6c5)cc4)c4ccccc34)c21. The molecular formula is C49H34. The molecule has 230 valence electrons. The van der Waals surface area contributed by atoms with Gasteiger partial charge in [0.15, 0.2) is 0 Å². The van der Waals surface area contributed by atoms with Crippen molar-refractivity contribution in [1.82, 2.24) is 0 Å². The molecule has 0 unspecified atom stereocenters. The summed E-state index contributed by atoms with van der Waals surface area (Å²) in [7, 11) is 0. The van der Waals surface area contributed by atoms with Gasteiger partial charge in [-0.2, -0.15) is 0 Å². The van der Waals surface area contributed by atoms with Crippen LogP contribution in [0.2, 0.25) is 0 Å². The van der Waals surface area contributed by atoms with Gasteiger partial charge in [0.1, 0.15) is 0 Å². The normalized spacial score (nSPS) is 13.3. The summed E-state index contributed by atoms with van der Waals surface area (Å²) in [6.07, 6.45) is 0. The van der Waals surface area contributed by atoms with E-state index in [-0.39, 0.29) is 5.41 Å². The summed E-state index contributed by atoms with van der Waals surface area (Å²) in [6, 6.07) is 63.1. The molecule has 0 aliphatic heterocycles. The molecule has 0 radical (unpaired) electrons. The van der Waals surface area contributed by atoms with Gasteiger partial charge >= 0.3 is 0 Å². The molecule has 9 aromatic carbocycles. The minimum absolute atomic E-state index is 0.148. The molecule has 0 N–H and O–H groups in total. The van der Waals surface area contributed by atoms with Gasteiger partial charge in [-0.1, -0.05) is 166 Å². The lowest BCUT2D eigenvalue weighted by atomic mass is 9.76. The first-order valence-corrected chi connectivity index (χ1v) is 17.3. The molecule has 0 atom stereocenters. The maximum Gasteiger partial charge on any atom is 0.0165 e. The number of benzene rings is 9. The van der Waals surface area contributed by atoms with Crippen molar-refractivity contribution in [3.05, 3.63) is 181 Å². The predicted molar refractivity (Wildman–Crippen MR) is 210 cm³/mol. The van der Waals surface area contributed by atoms with Gasteiger partial charge in [-0.15, -0.1) is 0 Å². The molecule has 0 bridgehead atoms. The average molecular weight is 623 g/mol. The molecule has 49 heavy (non-hydrogen) atoms. The third kappa shape index (κ3) is 4.17. The maximum atomic E-state index is 2.43. The molecule has 0 heterocycles. The van der Waals surface area contributed by atoms with Gasteiger partial charge in [0.05, 0.1) is 0 Å². The Morgan fingerprint density at radius 2 is 0.816 bits per heavy atom. The molecule has 0 saturated carbocycles. The zero-order valence-corrected chi connectivity index (χ0v) is 27.7. The first kappa shape index (κ1) is 28.1. The van der Waals surface area contributed by atoms with E-state index in [1.165, 1.54) is 98.7 Å². The molecule has 1 aliphatic carbocycles. The van der Waals surface area contributed by atoms with E-state index >= 15 is 0 Å². The highest BCUT2D eigenvalue weighted by atomic mass is 14.4. The second-order valence-electron chi connectivity index (χ2n) is 14.1. The van der Waals surface area contributed by atoms with E-state index in [1.807, 2.05) is 0 Å².